The molecule has 0 radical (unpaired) electrons. The van der Waals surface area contributed by atoms with Gasteiger partial charge in [-0.1, -0.05) is 13.8 Å². The van der Waals surface area contributed by atoms with Gasteiger partial charge in [0.15, 0.2) is 0 Å². The van der Waals surface area contributed by atoms with E-state index in [1.165, 1.54) is 6.92 Å². The van der Waals surface area contributed by atoms with Gasteiger partial charge in [-0.05, 0) is 25.7 Å². The third kappa shape index (κ3) is 11.8. The monoisotopic (exact) mass is 474 g/mol. The number of carbonyl (C=O) groups excluding carboxylic acids is 5. The minimum absolute atomic E-state index is 0.0657. The maximum absolute atomic E-state index is 12.7. The molecular weight excluding hydrogens is 440 g/mol. The summed E-state index contributed by atoms with van der Waals surface area (Å²) in [4.78, 5) is 71.0. The average molecular weight is 475 g/mol. The molecule has 0 aliphatic rings. The fraction of sp³-hybridized carbons (Fsp3) is 0.684. The van der Waals surface area contributed by atoms with E-state index in [4.69, 9.17) is 17.2 Å². The number of hydrogen-bond acceptors (Lipinski definition) is 8. The Kier molecular flexibility index (Phi) is 12.6. The van der Waals surface area contributed by atoms with E-state index in [0.29, 0.717) is 0 Å². The van der Waals surface area contributed by atoms with Gasteiger partial charge in [0.1, 0.15) is 18.1 Å². The zero-order valence-corrected chi connectivity index (χ0v) is 18.9. The van der Waals surface area contributed by atoms with Gasteiger partial charge in [-0.25, -0.2) is 4.79 Å². The van der Waals surface area contributed by atoms with Crippen LogP contribution in [-0.4, -0.2) is 76.0 Å². The molecule has 14 nitrogen and oxygen atoms in total. The van der Waals surface area contributed by atoms with Crippen LogP contribution in [-0.2, 0) is 28.8 Å². The van der Waals surface area contributed by atoms with Gasteiger partial charge in [0, 0.05) is 6.42 Å². The first kappa shape index (κ1) is 29.7. The van der Waals surface area contributed by atoms with Crippen LogP contribution in [0.3, 0.4) is 0 Å². The average Bonchev–Trinajstić information content (AvgIpc) is 2.66. The molecule has 5 atom stereocenters. The van der Waals surface area contributed by atoms with Crippen molar-refractivity contribution < 1.29 is 39.0 Å². The highest BCUT2D eigenvalue weighted by atomic mass is 16.4. The van der Waals surface area contributed by atoms with E-state index in [0.717, 1.165) is 0 Å². The number of amides is 5. The number of nitrogens with one attached hydrogen (secondary N) is 3. The van der Waals surface area contributed by atoms with E-state index >= 15 is 0 Å². The van der Waals surface area contributed by atoms with Gasteiger partial charge in [-0.3, -0.25) is 24.0 Å². The van der Waals surface area contributed by atoms with Gasteiger partial charge >= 0.3 is 5.97 Å². The molecule has 0 heterocycles. The van der Waals surface area contributed by atoms with Crippen LogP contribution in [0.2, 0.25) is 0 Å². The zero-order valence-electron chi connectivity index (χ0n) is 18.9. The number of primary amides is 2. The van der Waals surface area contributed by atoms with Gasteiger partial charge in [0.2, 0.25) is 29.5 Å². The molecule has 0 rings (SSSR count). The fourth-order valence-corrected chi connectivity index (χ4v) is 2.76. The summed E-state index contributed by atoms with van der Waals surface area (Å²) in [6.07, 6.45) is -2.41. The van der Waals surface area contributed by atoms with Crippen molar-refractivity contribution in [1.82, 2.24) is 16.0 Å². The number of aliphatic hydroxyl groups is 1. The number of rotatable bonds is 15. The van der Waals surface area contributed by atoms with Crippen molar-refractivity contribution in [3.05, 3.63) is 0 Å². The second-order valence-corrected chi connectivity index (χ2v) is 8.10. The van der Waals surface area contributed by atoms with Crippen LogP contribution in [0.15, 0.2) is 0 Å². The normalized spacial score (nSPS) is 15.5. The maximum Gasteiger partial charge on any atom is 0.326 e. The quantitative estimate of drug-likeness (QED) is 0.116. The first-order chi connectivity index (χ1) is 15.1. The van der Waals surface area contributed by atoms with Gasteiger partial charge in [-0.15, -0.1) is 0 Å². The Bertz CT molecular complexity index is 742. The summed E-state index contributed by atoms with van der Waals surface area (Å²) in [6.45, 7) is 4.71. The largest absolute Gasteiger partial charge is 0.480 e. The molecule has 0 bridgehead atoms. The topological polar surface area (TPSA) is 257 Å². The number of aliphatic hydroxyl groups excluding tert-OH is 1. The Balaban J connectivity index is 5.50. The SMILES string of the molecule is CC(C)CC(NC(=O)C(NC(=O)C(CCC(N)=O)NC(=O)C(N)CC(N)=O)C(C)O)C(=O)O. The predicted octanol–water partition coefficient (Wildman–Crippen LogP) is -3.58. The molecule has 0 aromatic heterocycles. The number of hydrogen-bond donors (Lipinski definition) is 8. The molecule has 0 spiro atoms. The minimum atomic E-state index is -1.57. The summed E-state index contributed by atoms with van der Waals surface area (Å²) in [5.74, 6) is -5.82. The van der Waals surface area contributed by atoms with Crippen LogP contribution in [0, 0.1) is 5.92 Å². The molecule has 0 saturated carbocycles. The van der Waals surface area contributed by atoms with E-state index in [-0.39, 0.29) is 25.2 Å². The first-order valence-corrected chi connectivity index (χ1v) is 10.3. The number of carboxylic acid groups (broad SMARTS) is 1. The standard InChI is InChI=1S/C19H34N6O8/c1-8(2)6-12(19(32)33)24-18(31)15(9(3)26)25-17(30)11(4-5-13(21)27)23-16(29)10(20)7-14(22)28/h8-12,15,26H,4-7,20H2,1-3H3,(H2,21,27)(H2,22,28)(H,23,29)(H,24,31)(H,25,30)(H,32,33). The van der Waals surface area contributed by atoms with Gasteiger partial charge in [0.05, 0.1) is 18.6 Å². The molecule has 0 saturated heterocycles. The molecule has 0 aromatic carbocycles. The molecule has 5 amide bonds. The van der Waals surface area contributed by atoms with Crippen molar-refractivity contribution in [1.29, 1.82) is 0 Å². The number of nitrogens with two attached hydrogens (primary N) is 3. The van der Waals surface area contributed by atoms with Gasteiger partial charge in [0.25, 0.3) is 0 Å². The van der Waals surface area contributed by atoms with Crippen molar-refractivity contribution >= 4 is 35.5 Å². The zero-order chi connectivity index (χ0) is 25.9. The van der Waals surface area contributed by atoms with Crippen LogP contribution in [0.4, 0.5) is 0 Å². The third-order valence-corrected chi connectivity index (χ3v) is 4.45. The Morgan fingerprint density at radius 3 is 1.79 bits per heavy atom. The third-order valence-electron chi connectivity index (χ3n) is 4.45. The number of carboxylic acids is 1. The number of aliphatic carboxylic acids is 1. The van der Waals surface area contributed by atoms with E-state index < -0.39 is 72.2 Å². The predicted molar refractivity (Wildman–Crippen MR) is 115 cm³/mol. The molecule has 0 aromatic rings. The lowest BCUT2D eigenvalue weighted by molar-refractivity contribution is -0.143. The summed E-state index contributed by atoms with van der Waals surface area (Å²) in [7, 11) is 0. The van der Waals surface area contributed by atoms with Crippen molar-refractivity contribution in [2.45, 2.75) is 76.7 Å². The molecule has 0 aliphatic carbocycles. The lowest BCUT2D eigenvalue weighted by Crippen LogP contribution is -2.60. The van der Waals surface area contributed by atoms with Crippen LogP contribution in [0.5, 0.6) is 0 Å². The van der Waals surface area contributed by atoms with E-state index in [1.807, 2.05) is 0 Å². The molecule has 14 heteroatoms. The minimum Gasteiger partial charge on any atom is -0.480 e. The van der Waals surface area contributed by atoms with Crippen LogP contribution in [0.25, 0.3) is 0 Å². The lowest BCUT2D eigenvalue weighted by Gasteiger charge is -2.26. The van der Waals surface area contributed by atoms with E-state index in [1.54, 1.807) is 13.8 Å². The van der Waals surface area contributed by atoms with Crippen molar-refractivity contribution in [3.63, 3.8) is 0 Å². The summed E-state index contributed by atoms with van der Waals surface area (Å²) in [6, 6.07) is -5.59. The Morgan fingerprint density at radius 1 is 0.818 bits per heavy atom. The summed E-state index contributed by atoms with van der Waals surface area (Å²) < 4.78 is 0. The van der Waals surface area contributed by atoms with Crippen molar-refractivity contribution in [2.24, 2.45) is 23.1 Å². The molecule has 0 fully saturated rings. The van der Waals surface area contributed by atoms with E-state index in [9.17, 15) is 39.0 Å². The lowest BCUT2D eigenvalue weighted by atomic mass is 10.0. The second kappa shape index (κ2) is 14.0. The molecule has 5 unspecified atom stereocenters. The molecule has 188 valence electrons. The van der Waals surface area contributed by atoms with Crippen LogP contribution >= 0.6 is 0 Å². The highest BCUT2D eigenvalue weighted by Crippen LogP contribution is 2.07. The van der Waals surface area contributed by atoms with Crippen LogP contribution < -0.4 is 33.2 Å². The first-order valence-electron chi connectivity index (χ1n) is 10.3. The summed E-state index contributed by atoms with van der Waals surface area (Å²) >= 11 is 0. The smallest absolute Gasteiger partial charge is 0.326 e. The fourth-order valence-electron chi connectivity index (χ4n) is 2.76. The maximum atomic E-state index is 12.7. The molecule has 0 aliphatic heterocycles. The van der Waals surface area contributed by atoms with Crippen LogP contribution in [0.1, 0.15) is 46.5 Å². The highest BCUT2D eigenvalue weighted by molar-refractivity contribution is 5.95. The summed E-state index contributed by atoms with van der Waals surface area (Å²) in [5.41, 5.74) is 15.6. The second-order valence-electron chi connectivity index (χ2n) is 8.10. The Labute approximate surface area is 191 Å². The van der Waals surface area contributed by atoms with Crippen molar-refractivity contribution in [3.8, 4) is 0 Å². The van der Waals surface area contributed by atoms with E-state index in [2.05, 4.69) is 16.0 Å². The number of carbonyl (C=O) groups is 6. The van der Waals surface area contributed by atoms with Crippen molar-refractivity contribution in [2.75, 3.05) is 0 Å². The molecule has 11 N–H and O–H groups in total. The Morgan fingerprint density at radius 2 is 1.36 bits per heavy atom. The van der Waals surface area contributed by atoms with Gasteiger partial charge in [-0.2, -0.15) is 0 Å². The van der Waals surface area contributed by atoms with Gasteiger partial charge < -0.3 is 43.4 Å². The summed E-state index contributed by atoms with van der Waals surface area (Å²) in [5, 5.41) is 26.0. The Hall–Kier alpha value is -3.26. The molecule has 33 heavy (non-hydrogen) atoms. The highest BCUT2D eigenvalue weighted by Gasteiger charge is 2.33. The molecular formula is C19H34N6O8.